The van der Waals surface area contributed by atoms with E-state index in [1.165, 1.54) is 5.56 Å². The third-order valence-corrected chi connectivity index (χ3v) is 7.40. The maximum absolute atomic E-state index is 13.0. The molecular formula is C28H29N3O3. The average molecular weight is 456 g/mol. The minimum Gasteiger partial charge on any atom is -0.393 e. The van der Waals surface area contributed by atoms with Gasteiger partial charge < -0.3 is 15.7 Å². The van der Waals surface area contributed by atoms with Gasteiger partial charge in [-0.3, -0.25) is 14.6 Å². The molecule has 174 valence electrons. The number of nitrogens with one attached hydrogen (secondary N) is 2. The molecule has 1 aliphatic heterocycles. The van der Waals surface area contributed by atoms with E-state index in [1.807, 2.05) is 43.3 Å². The smallest absolute Gasteiger partial charge is 0.255 e. The predicted octanol–water partition coefficient (Wildman–Crippen LogP) is 4.63. The molecule has 3 atom stereocenters. The van der Waals surface area contributed by atoms with E-state index in [2.05, 4.69) is 27.8 Å². The number of anilines is 2. The highest BCUT2D eigenvalue weighted by Crippen LogP contribution is 2.51. The van der Waals surface area contributed by atoms with Gasteiger partial charge in [0.05, 0.1) is 17.5 Å². The van der Waals surface area contributed by atoms with Crippen molar-refractivity contribution in [3.63, 3.8) is 0 Å². The van der Waals surface area contributed by atoms with Crippen LogP contribution in [0, 0.1) is 12.8 Å². The predicted molar refractivity (Wildman–Crippen MR) is 132 cm³/mol. The molecule has 0 radical (unpaired) electrons. The lowest BCUT2D eigenvalue weighted by Crippen LogP contribution is -2.44. The molecule has 1 saturated carbocycles. The van der Waals surface area contributed by atoms with E-state index in [4.69, 9.17) is 0 Å². The SMILES string of the molecule is Cc1ncccc1NC(=O)c1ccc2c(c1)NC(=O)CC1CC(O)CCC21Cc1ccccc1. The van der Waals surface area contributed by atoms with Gasteiger partial charge in [0.1, 0.15) is 0 Å². The molecular weight excluding hydrogens is 426 g/mol. The van der Waals surface area contributed by atoms with Crippen molar-refractivity contribution in [2.75, 3.05) is 10.6 Å². The summed E-state index contributed by atoms with van der Waals surface area (Å²) in [4.78, 5) is 30.2. The Labute approximate surface area is 199 Å². The zero-order valence-corrected chi connectivity index (χ0v) is 19.3. The summed E-state index contributed by atoms with van der Waals surface area (Å²) in [5.74, 6) is -0.295. The van der Waals surface area contributed by atoms with Gasteiger partial charge >= 0.3 is 0 Å². The molecule has 0 spiro atoms. The van der Waals surface area contributed by atoms with Crippen LogP contribution in [0.4, 0.5) is 11.4 Å². The highest BCUT2D eigenvalue weighted by molar-refractivity contribution is 6.06. The first kappa shape index (κ1) is 22.3. The van der Waals surface area contributed by atoms with Crippen LogP contribution in [0.3, 0.4) is 0 Å². The summed E-state index contributed by atoms with van der Waals surface area (Å²) in [6.45, 7) is 1.85. The maximum atomic E-state index is 13.0. The standard InChI is InChI=1S/C28H29N3O3/c1-18-24(8-5-13-29-18)31-27(34)20-9-10-23-25(14-20)30-26(33)16-21-15-22(32)11-12-28(21,23)17-19-6-3-2-4-7-19/h2-10,13-14,21-22,32H,11-12,15-17H2,1H3,(H,30,33)(H,31,34). The quantitative estimate of drug-likeness (QED) is 0.535. The van der Waals surface area contributed by atoms with Gasteiger partial charge in [-0.1, -0.05) is 36.4 Å². The molecule has 2 aromatic carbocycles. The highest BCUT2D eigenvalue weighted by atomic mass is 16.3. The van der Waals surface area contributed by atoms with Gasteiger partial charge in [0.25, 0.3) is 5.91 Å². The first-order valence-corrected chi connectivity index (χ1v) is 11.8. The van der Waals surface area contributed by atoms with E-state index in [0.717, 1.165) is 24.1 Å². The van der Waals surface area contributed by atoms with Gasteiger partial charge in [0.15, 0.2) is 0 Å². The molecule has 3 N–H and O–H groups in total. The fourth-order valence-electron chi connectivity index (χ4n) is 5.68. The van der Waals surface area contributed by atoms with E-state index in [0.29, 0.717) is 36.2 Å². The van der Waals surface area contributed by atoms with Crippen LogP contribution in [0.2, 0.25) is 0 Å². The molecule has 1 aliphatic carbocycles. The Morgan fingerprint density at radius 2 is 2.00 bits per heavy atom. The number of aliphatic hydroxyl groups excluding tert-OH is 1. The Morgan fingerprint density at radius 3 is 2.79 bits per heavy atom. The third-order valence-electron chi connectivity index (χ3n) is 7.40. The van der Waals surface area contributed by atoms with Crippen molar-refractivity contribution in [1.82, 2.24) is 4.98 Å². The van der Waals surface area contributed by atoms with Gasteiger partial charge in [0.2, 0.25) is 5.91 Å². The minimum atomic E-state index is -0.393. The molecule has 0 saturated heterocycles. The molecule has 5 rings (SSSR count). The van der Waals surface area contributed by atoms with Crippen molar-refractivity contribution in [2.24, 2.45) is 5.92 Å². The van der Waals surface area contributed by atoms with E-state index in [1.54, 1.807) is 18.3 Å². The lowest BCUT2D eigenvalue weighted by molar-refractivity contribution is -0.118. The summed E-state index contributed by atoms with van der Waals surface area (Å²) in [6.07, 6.45) is 4.52. The van der Waals surface area contributed by atoms with Crippen LogP contribution in [0.25, 0.3) is 0 Å². The van der Waals surface area contributed by atoms with Crippen LogP contribution < -0.4 is 10.6 Å². The number of carbonyl (C=O) groups is 2. The van der Waals surface area contributed by atoms with Crippen molar-refractivity contribution in [3.8, 4) is 0 Å². The van der Waals surface area contributed by atoms with Crippen LogP contribution in [0.1, 0.15) is 52.9 Å². The number of aryl methyl sites for hydroxylation is 1. The second-order valence-electron chi connectivity index (χ2n) is 9.55. The van der Waals surface area contributed by atoms with Crippen LogP contribution in [-0.2, 0) is 16.6 Å². The number of pyridine rings is 1. The molecule has 2 heterocycles. The molecule has 3 aromatic rings. The van der Waals surface area contributed by atoms with E-state index in [-0.39, 0.29) is 23.1 Å². The number of fused-ring (bicyclic) bond motifs is 3. The topological polar surface area (TPSA) is 91.3 Å². The lowest BCUT2D eigenvalue weighted by atomic mass is 9.58. The maximum Gasteiger partial charge on any atom is 0.255 e. The minimum absolute atomic E-state index is 0.0235. The molecule has 2 amide bonds. The number of aromatic nitrogens is 1. The van der Waals surface area contributed by atoms with Crippen molar-refractivity contribution >= 4 is 23.2 Å². The van der Waals surface area contributed by atoms with Crippen LogP contribution in [0.15, 0.2) is 66.9 Å². The molecule has 6 nitrogen and oxygen atoms in total. The molecule has 1 fully saturated rings. The fraction of sp³-hybridized carbons (Fsp3) is 0.321. The number of hydrogen-bond acceptors (Lipinski definition) is 4. The number of carbonyl (C=O) groups excluding carboxylic acids is 2. The van der Waals surface area contributed by atoms with Crippen molar-refractivity contribution in [1.29, 1.82) is 0 Å². The Hall–Kier alpha value is -3.51. The number of nitrogens with zero attached hydrogens (tertiary/aromatic N) is 1. The Morgan fingerprint density at radius 1 is 1.18 bits per heavy atom. The second-order valence-corrected chi connectivity index (χ2v) is 9.55. The summed E-state index contributed by atoms with van der Waals surface area (Å²) >= 11 is 0. The largest absolute Gasteiger partial charge is 0.393 e. The zero-order valence-electron chi connectivity index (χ0n) is 19.3. The number of hydrogen-bond donors (Lipinski definition) is 3. The Kier molecular flexibility index (Phi) is 5.92. The van der Waals surface area contributed by atoms with Gasteiger partial charge in [-0.05, 0) is 73.9 Å². The van der Waals surface area contributed by atoms with Crippen molar-refractivity contribution < 1.29 is 14.7 Å². The van der Waals surface area contributed by atoms with Gasteiger partial charge in [-0.15, -0.1) is 0 Å². The van der Waals surface area contributed by atoms with Crippen molar-refractivity contribution in [2.45, 2.75) is 50.5 Å². The third kappa shape index (κ3) is 4.21. The van der Waals surface area contributed by atoms with Crippen LogP contribution in [0.5, 0.6) is 0 Å². The summed E-state index contributed by atoms with van der Waals surface area (Å²) in [6, 6.07) is 19.5. The lowest BCUT2D eigenvalue weighted by Gasteiger charge is -2.46. The molecule has 2 aliphatic rings. The van der Waals surface area contributed by atoms with Gasteiger partial charge in [-0.2, -0.15) is 0 Å². The summed E-state index contributed by atoms with van der Waals surface area (Å²) < 4.78 is 0. The fourth-order valence-corrected chi connectivity index (χ4v) is 5.68. The second kappa shape index (κ2) is 9.03. The first-order chi connectivity index (χ1) is 16.4. The normalized spacial score (nSPS) is 23.8. The molecule has 3 unspecified atom stereocenters. The Bertz CT molecular complexity index is 1230. The van der Waals surface area contributed by atoms with E-state index < -0.39 is 6.10 Å². The summed E-state index contributed by atoms with van der Waals surface area (Å²) in [7, 11) is 0. The number of amides is 2. The highest BCUT2D eigenvalue weighted by Gasteiger charge is 2.48. The Balaban J connectivity index is 1.55. The molecule has 1 aromatic heterocycles. The summed E-state index contributed by atoms with van der Waals surface area (Å²) in [5.41, 5.74) is 4.54. The van der Waals surface area contributed by atoms with E-state index >= 15 is 0 Å². The van der Waals surface area contributed by atoms with Gasteiger partial charge in [-0.25, -0.2) is 0 Å². The molecule has 34 heavy (non-hydrogen) atoms. The number of aliphatic hydroxyl groups is 1. The average Bonchev–Trinajstić information content (AvgIpc) is 2.94. The number of rotatable bonds is 4. The van der Waals surface area contributed by atoms with Crippen molar-refractivity contribution in [3.05, 3.63) is 89.2 Å². The van der Waals surface area contributed by atoms with Crippen LogP contribution in [-0.4, -0.2) is 28.0 Å². The van der Waals surface area contributed by atoms with E-state index in [9.17, 15) is 14.7 Å². The molecule has 0 bridgehead atoms. The monoisotopic (exact) mass is 455 g/mol. The zero-order chi connectivity index (χ0) is 23.7. The molecule has 6 heteroatoms. The van der Waals surface area contributed by atoms with Crippen LogP contribution >= 0.6 is 0 Å². The summed E-state index contributed by atoms with van der Waals surface area (Å²) in [5, 5.41) is 16.4. The number of benzene rings is 2. The van der Waals surface area contributed by atoms with Gasteiger partial charge in [0, 0.05) is 29.3 Å². The first-order valence-electron chi connectivity index (χ1n) is 11.8.